The molecule has 1 amide bonds. The van der Waals surface area contributed by atoms with E-state index < -0.39 is 27.2 Å². The molecule has 0 aromatic heterocycles. The third kappa shape index (κ3) is 3.33. The number of fused-ring (bicyclic) bond motifs is 1. The summed E-state index contributed by atoms with van der Waals surface area (Å²) in [6.45, 7) is 4.18. The van der Waals surface area contributed by atoms with Gasteiger partial charge in [0.15, 0.2) is 5.78 Å². The molecule has 1 aromatic carbocycles. The Kier molecular flexibility index (Phi) is 4.91. The molecule has 0 unspecified atom stereocenters. The number of hydrogen-bond donors (Lipinski definition) is 1. The van der Waals surface area contributed by atoms with Crippen LogP contribution in [0.5, 0.6) is 0 Å². The molecule has 2 saturated heterocycles. The highest BCUT2D eigenvalue weighted by atomic mass is 32.2. The maximum Gasteiger partial charge on any atom is 0.245 e. The van der Waals surface area contributed by atoms with Crippen LogP contribution in [0.3, 0.4) is 0 Å². The first-order valence-corrected chi connectivity index (χ1v) is 11.3. The molecule has 0 saturated carbocycles. The summed E-state index contributed by atoms with van der Waals surface area (Å²) >= 11 is 0. The van der Waals surface area contributed by atoms with E-state index in [1.807, 2.05) is 0 Å². The molecule has 8 heteroatoms. The van der Waals surface area contributed by atoms with Gasteiger partial charge in [-0.1, -0.05) is 24.3 Å². The maximum atomic E-state index is 13.5. The lowest BCUT2D eigenvalue weighted by Gasteiger charge is -2.45. The molecule has 4 rings (SSSR count). The summed E-state index contributed by atoms with van der Waals surface area (Å²) in [6, 6.07) is 7.75. The number of rotatable bonds is 4. The molecule has 3 atom stereocenters. The van der Waals surface area contributed by atoms with Crippen molar-refractivity contribution in [1.29, 1.82) is 0 Å². The number of ketones is 1. The van der Waals surface area contributed by atoms with E-state index in [0.717, 1.165) is 0 Å². The van der Waals surface area contributed by atoms with E-state index in [0.29, 0.717) is 19.4 Å². The van der Waals surface area contributed by atoms with Gasteiger partial charge in [-0.2, -0.15) is 4.31 Å². The van der Waals surface area contributed by atoms with Gasteiger partial charge in [-0.25, -0.2) is 8.42 Å². The minimum absolute atomic E-state index is 0.0112. The topological polar surface area (TPSA) is 92.8 Å². The number of nitrogens with zero attached hydrogens (tertiary/aromatic N) is 1. The van der Waals surface area contributed by atoms with Crippen LogP contribution < -0.4 is 5.32 Å². The van der Waals surface area contributed by atoms with Crippen molar-refractivity contribution in [2.75, 3.05) is 13.2 Å². The molecule has 2 fully saturated rings. The van der Waals surface area contributed by atoms with Gasteiger partial charge in [0.05, 0.1) is 23.0 Å². The smallest absolute Gasteiger partial charge is 0.245 e. The Hall–Kier alpha value is -2.03. The zero-order valence-electron chi connectivity index (χ0n) is 16.6. The monoisotopic (exact) mass is 418 g/mol. The lowest BCUT2D eigenvalue weighted by molar-refractivity contribution is -0.137. The summed E-state index contributed by atoms with van der Waals surface area (Å²) in [5.41, 5.74) is -1.93. The average molecular weight is 419 g/mol. The summed E-state index contributed by atoms with van der Waals surface area (Å²) in [6.07, 6.45) is 4.45. The Balaban J connectivity index is 1.73. The van der Waals surface area contributed by atoms with Crippen molar-refractivity contribution in [1.82, 2.24) is 9.62 Å². The van der Waals surface area contributed by atoms with Crippen LogP contribution in [0.25, 0.3) is 0 Å². The lowest BCUT2D eigenvalue weighted by atomic mass is 9.63. The highest BCUT2D eigenvalue weighted by molar-refractivity contribution is 7.89. The molecule has 2 heterocycles. The number of hydrogen-bond acceptors (Lipinski definition) is 5. The van der Waals surface area contributed by atoms with Crippen molar-refractivity contribution in [3.8, 4) is 0 Å². The predicted molar refractivity (Wildman–Crippen MR) is 106 cm³/mol. The molecule has 2 aliphatic heterocycles. The Morgan fingerprint density at radius 1 is 1.21 bits per heavy atom. The molecule has 7 nitrogen and oxygen atoms in total. The number of ether oxygens (including phenoxy) is 1. The SMILES string of the molecule is CC1(C)OC[C@@H](C[C@@]23C=CC(=O)C[C@@H]2CCNC3=O)N1S(=O)(=O)c1ccccc1. The van der Waals surface area contributed by atoms with Gasteiger partial charge in [-0.3, -0.25) is 9.59 Å². The van der Waals surface area contributed by atoms with Crippen molar-refractivity contribution in [2.24, 2.45) is 11.3 Å². The van der Waals surface area contributed by atoms with E-state index in [4.69, 9.17) is 4.74 Å². The summed E-state index contributed by atoms with van der Waals surface area (Å²) in [7, 11) is -3.83. The summed E-state index contributed by atoms with van der Waals surface area (Å²) < 4.78 is 34.2. The largest absolute Gasteiger partial charge is 0.358 e. The molecule has 156 valence electrons. The molecule has 3 aliphatic rings. The fourth-order valence-electron chi connectivity index (χ4n) is 4.94. The summed E-state index contributed by atoms with van der Waals surface area (Å²) in [4.78, 5) is 25.1. The van der Waals surface area contributed by atoms with E-state index in [1.165, 1.54) is 10.4 Å². The van der Waals surface area contributed by atoms with Gasteiger partial charge in [0.1, 0.15) is 5.72 Å². The minimum Gasteiger partial charge on any atom is -0.358 e. The molecule has 0 bridgehead atoms. The van der Waals surface area contributed by atoms with Gasteiger partial charge in [0.2, 0.25) is 15.9 Å². The number of allylic oxidation sites excluding steroid dienone is 1. The minimum atomic E-state index is -3.83. The first-order valence-electron chi connectivity index (χ1n) is 9.91. The first kappa shape index (κ1) is 20.3. The van der Waals surface area contributed by atoms with Crippen LogP contribution in [0, 0.1) is 11.3 Å². The average Bonchev–Trinajstić information content (AvgIpc) is 2.98. The molecule has 1 N–H and O–H groups in total. The first-order chi connectivity index (χ1) is 13.7. The standard InChI is InChI=1S/C21H26N2O5S/c1-20(2)23(29(26,27)18-6-4-3-5-7-18)16(14-28-20)13-21-10-8-17(24)12-15(21)9-11-22-19(21)25/h3-8,10,15-16H,9,11-14H2,1-2H3,(H,22,25)/t15-,16+,21-/m0/s1. The van der Waals surface area contributed by atoms with E-state index in [1.54, 1.807) is 50.3 Å². The second kappa shape index (κ2) is 7.04. The zero-order valence-corrected chi connectivity index (χ0v) is 17.4. The zero-order chi connectivity index (χ0) is 20.9. The van der Waals surface area contributed by atoms with Crippen LogP contribution >= 0.6 is 0 Å². The second-order valence-electron chi connectivity index (χ2n) is 8.52. The molecule has 0 radical (unpaired) electrons. The fraction of sp³-hybridized carbons (Fsp3) is 0.524. The molecular weight excluding hydrogens is 392 g/mol. The number of sulfonamides is 1. The van der Waals surface area contributed by atoms with Gasteiger partial charge >= 0.3 is 0 Å². The van der Waals surface area contributed by atoms with Gasteiger partial charge in [0, 0.05) is 13.0 Å². The van der Waals surface area contributed by atoms with Crippen LogP contribution in [-0.2, 0) is 24.3 Å². The molecule has 1 aliphatic carbocycles. The maximum absolute atomic E-state index is 13.5. The lowest BCUT2D eigenvalue weighted by Crippen LogP contribution is -2.56. The Bertz CT molecular complexity index is 957. The summed E-state index contributed by atoms with van der Waals surface area (Å²) in [5.74, 6) is -0.255. The van der Waals surface area contributed by atoms with Crippen LogP contribution in [-0.4, -0.2) is 49.3 Å². The van der Waals surface area contributed by atoms with Gasteiger partial charge in [-0.15, -0.1) is 0 Å². The number of piperidine rings is 1. The normalized spacial score (nSPS) is 32.1. The highest BCUT2D eigenvalue weighted by Crippen LogP contribution is 2.47. The second-order valence-corrected chi connectivity index (χ2v) is 10.3. The summed E-state index contributed by atoms with van der Waals surface area (Å²) in [5, 5.41) is 2.91. The van der Waals surface area contributed by atoms with Crippen molar-refractivity contribution in [3.63, 3.8) is 0 Å². The van der Waals surface area contributed by atoms with Crippen molar-refractivity contribution in [3.05, 3.63) is 42.5 Å². The van der Waals surface area contributed by atoms with Crippen LogP contribution in [0.2, 0.25) is 0 Å². The Morgan fingerprint density at radius 3 is 2.66 bits per heavy atom. The van der Waals surface area contributed by atoms with E-state index in [9.17, 15) is 18.0 Å². The van der Waals surface area contributed by atoms with Crippen molar-refractivity contribution < 1.29 is 22.7 Å². The van der Waals surface area contributed by atoms with Crippen LogP contribution in [0.4, 0.5) is 0 Å². The van der Waals surface area contributed by atoms with Crippen LogP contribution in [0.15, 0.2) is 47.4 Å². The van der Waals surface area contributed by atoms with Crippen LogP contribution in [0.1, 0.15) is 33.1 Å². The Morgan fingerprint density at radius 2 is 1.93 bits per heavy atom. The van der Waals surface area contributed by atoms with E-state index >= 15 is 0 Å². The predicted octanol–water partition coefficient (Wildman–Crippen LogP) is 1.85. The molecule has 29 heavy (non-hydrogen) atoms. The third-order valence-corrected chi connectivity index (χ3v) is 8.43. The van der Waals surface area contributed by atoms with Crippen molar-refractivity contribution >= 4 is 21.7 Å². The van der Waals surface area contributed by atoms with Gasteiger partial charge < -0.3 is 10.1 Å². The number of carbonyl (C=O) groups excluding carboxylic acids is 2. The molecule has 1 aromatic rings. The fourth-order valence-corrected chi connectivity index (χ4v) is 6.83. The number of nitrogens with one attached hydrogen (secondary N) is 1. The Labute approximate surface area is 171 Å². The molecule has 0 spiro atoms. The van der Waals surface area contributed by atoms with Gasteiger partial charge in [-0.05, 0) is 50.8 Å². The van der Waals surface area contributed by atoms with Crippen molar-refractivity contribution in [2.45, 2.75) is 49.8 Å². The van der Waals surface area contributed by atoms with Gasteiger partial charge in [0.25, 0.3) is 0 Å². The highest BCUT2D eigenvalue weighted by Gasteiger charge is 2.55. The van der Waals surface area contributed by atoms with E-state index in [2.05, 4.69) is 5.32 Å². The number of benzene rings is 1. The molecular formula is C21H26N2O5S. The number of carbonyl (C=O) groups is 2. The van der Waals surface area contributed by atoms with E-state index in [-0.39, 0.29) is 35.5 Å². The number of amides is 1. The quantitative estimate of drug-likeness (QED) is 0.806. The third-order valence-electron chi connectivity index (χ3n) is 6.31.